The summed E-state index contributed by atoms with van der Waals surface area (Å²) in [7, 11) is 0. The van der Waals surface area contributed by atoms with E-state index in [2.05, 4.69) is 10.4 Å². The third kappa shape index (κ3) is 3.52. The average Bonchev–Trinajstić information content (AvgIpc) is 2.86. The van der Waals surface area contributed by atoms with E-state index >= 15 is 0 Å². The first-order chi connectivity index (χ1) is 10.1. The topological polar surface area (TPSA) is 54.2 Å². The number of anilines is 1. The number of hydrogen-bond acceptors (Lipinski definition) is 4. The molecule has 1 unspecified atom stereocenters. The Hall–Kier alpha value is -1.34. The molecule has 0 aromatic carbocycles. The number of likely N-dealkylation sites (tertiary alicyclic amines) is 1. The second-order valence-electron chi connectivity index (χ2n) is 6.80. The molecule has 1 saturated heterocycles. The van der Waals surface area contributed by atoms with Gasteiger partial charge in [-0.05, 0) is 36.9 Å². The highest BCUT2D eigenvalue weighted by Crippen LogP contribution is 2.44. The van der Waals surface area contributed by atoms with Crippen LogP contribution in [0.2, 0.25) is 0 Å². The highest BCUT2D eigenvalue weighted by Gasteiger charge is 2.50. The Balaban J connectivity index is 2.42. The second-order valence-corrected chi connectivity index (χ2v) is 6.80. The van der Waals surface area contributed by atoms with Crippen LogP contribution in [-0.2, 0) is 0 Å². The average molecular weight is 316 g/mol. The van der Waals surface area contributed by atoms with Gasteiger partial charge < -0.3 is 5.43 Å². The van der Waals surface area contributed by atoms with Crippen molar-refractivity contribution < 1.29 is 13.2 Å². The fourth-order valence-electron chi connectivity index (χ4n) is 3.24. The fourth-order valence-corrected chi connectivity index (χ4v) is 3.24. The number of alkyl halides is 3. The van der Waals surface area contributed by atoms with Gasteiger partial charge in [-0.3, -0.25) is 4.90 Å². The zero-order valence-corrected chi connectivity index (χ0v) is 13.1. The van der Waals surface area contributed by atoms with Crippen molar-refractivity contribution in [2.24, 2.45) is 11.3 Å². The van der Waals surface area contributed by atoms with Crippen molar-refractivity contribution in [1.82, 2.24) is 9.88 Å². The van der Waals surface area contributed by atoms with E-state index in [9.17, 15) is 13.2 Å². The lowest BCUT2D eigenvalue weighted by Gasteiger charge is -2.40. The number of aromatic nitrogens is 1. The predicted molar refractivity (Wildman–Crippen MR) is 80.0 cm³/mol. The zero-order chi connectivity index (χ0) is 16.5. The molecule has 0 saturated carbocycles. The number of nitrogen functional groups attached to an aromatic ring is 1. The molecule has 0 spiro atoms. The van der Waals surface area contributed by atoms with Crippen LogP contribution in [0.1, 0.15) is 45.3 Å². The van der Waals surface area contributed by atoms with Crippen LogP contribution in [0, 0.1) is 5.41 Å². The monoisotopic (exact) mass is 316 g/mol. The summed E-state index contributed by atoms with van der Waals surface area (Å²) < 4.78 is 41.2. The minimum absolute atomic E-state index is 0.0147. The number of hydrogen-bond donors (Lipinski definition) is 2. The number of nitrogens with one attached hydrogen (secondary N) is 1. The summed E-state index contributed by atoms with van der Waals surface area (Å²) in [6.45, 7) is 6.37. The molecule has 1 aliphatic rings. The molecule has 0 bridgehead atoms. The Bertz CT molecular complexity index is 510. The molecule has 0 amide bonds. The Morgan fingerprint density at radius 2 is 2.00 bits per heavy atom. The predicted octanol–water partition coefficient (Wildman–Crippen LogP) is 3.48. The molecule has 0 aliphatic carbocycles. The summed E-state index contributed by atoms with van der Waals surface area (Å²) in [4.78, 5) is 5.57. The maximum Gasteiger partial charge on any atom is 0.409 e. The molecule has 0 radical (unpaired) electrons. The summed E-state index contributed by atoms with van der Waals surface area (Å²) in [5.74, 6) is 5.51. The molecule has 22 heavy (non-hydrogen) atoms. The van der Waals surface area contributed by atoms with Gasteiger partial charge in [-0.2, -0.15) is 13.2 Å². The van der Waals surface area contributed by atoms with Crippen molar-refractivity contribution in [2.45, 2.75) is 51.9 Å². The van der Waals surface area contributed by atoms with Crippen LogP contribution in [0.25, 0.3) is 0 Å². The molecule has 2 atom stereocenters. The minimum atomic E-state index is -4.38. The maximum absolute atomic E-state index is 13.7. The Labute approximate surface area is 128 Å². The number of pyridine rings is 1. The van der Waals surface area contributed by atoms with Crippen molar-refractivity contribution in [3.8, 4) is 0 Å². The lowest BCUT2D eigenvalue weighted by molar-refractivity contribution is -0.194. The highest BCUT2D eigenvalue weighted by molar-refractivity contribution is 5.34. The molecule has 2 rings (SSSR count). The molecule has 1 aliphatic heterocycles. The fraction of sp³-hybridized carbons (Fsp3) is 0.667. The largest absolute Gasteiger partial charge is 0.409 e. The first-order valence-electron chi connectivity index (χ1n) is 7.40. The molecule has 4 nitrogen and oxygen atoms in total. The number of hydrazine groups is 1. The van der Waals surface area contributed by atoms with Crippen LogP contribution in [0.4, 0.5) is 19.0 Å². The first-order valence-corrected chi connectivity index (χ1v) is 7.40. The maximum atomic E-state index is 13.7. The first kappa shape index (κ1) is 17.0. The smallest absolute Gasteiger partial charge is 0.308 e. The summed E-state index contributed by atoms with van der Waals surface area (Å²) in [5, 5.41) is 0. The van der Waals surface area contributed by atoms with Gasteiger partial charge in [0.05, 0.1) is 5.69 Å². The van der Waals surface area contributed by atoms with E-state index in [1.54, 1.807) is 17.0 Å². The van der Waals surface area contributed by atoms with Crippen molar-refractivity contribution in [2.75, 3.05) is 12.0 Å². The van der Waals surface area contributed by atoms with Gasteiger partial charge in [-0.25, -0.2) is 10.8 Å². The van der Waals surface area contributed by atoms with E-state index in [4.69, 9.17) is 5.84 Å². The molecule has 1 fully saturated rings. The normalized spacial score (nSPS) is 21.9. The Morgan fingerprint density at radius 1 is 1.32 bits per heavy atom. The summed E-state index contributed by atoms with van der Waals surface area (Å²) in [6.07, 6.45) is -2.84. The quantitative estimate of drug-likeness (QED) is 0.662. The van der Waals surface area contributed by atoms with Gasteiger partial charge in [0.25, 0.3) is 0 Å². The minimum Gasteiger partial charge on any atom is -0.308 e. The van der Waals surface area contributed by atoms with E-state index < -0.39 is 12.2 Å². The van der Waals surface area contributed by atoms with Crippen LogP contribution in [-0.4, -0.2) is 28.6 Å². The lowest BCUT2D eigenvalue weighted by atomic mass is 9.84. The molecule has 2 heterocycles. The Kier molecular flexibility index (Phi) is 4.67. The van der Waals surface area contributed by atoms with Crippen LogP contribution >= 0.6 is 0 Å². The molecule has 1 aromatic heterocycles. The van der Waals surface area contributed by atoms with E-state index in [1.165, 1.54) is 6.07 Å². The number of halogens is 3. The van der Waals surface area contributed by atoms with Crippen LogP contribution in [0.5, 0.6) is 0 Å². The number of rotatable bonds is 3. The van der Waals surface area contributed by atoms with Gasteiger partial charge in [0.15, 0.2) is 0 Å². The molecular formula is C15H23F3N4. The number of nitrogens with two attached hydrogens (primary N) is 1. The van der Waals surface area contributed by atoms with Crippen LogP contribution < -0.4 is 11.3 Å². The zero-order valence-electron chi connectivity index (χ0n) is 13.1. The van der Waals surface area contributed by atoms with Gasteiger partial charge in [0, 0.05) is 6.04 Å². The van der Waals surface area contributed by atoms with Crippen molar-refractivity contribution >= 4 is 5.82 Å². The molecule has 3 N–H and O–H groups in total. The number of nitrogens with zero attached hydrogens (tertiary/aromatic N) is 2. The van der Waals surface area contributed by atoms with Crippen LogP contribution in [0.15, 0.2) is 18.2 Å². The van der Waals surface area contributed by atoms with Gasteiger partial charge >= 0.3 is 6.18 Å². The van der Waals surface area contributed by atoms with Crippen molar-refractivity contribution in [3.05, 3.63) is 23.9 Å². The standard InChI is InChI=1S/C15H23F3N4/c1-14(2,3)11-7-5-9-22(11)13(15(16,17)18)10-6-4-8-12(20-10)21-19/h4,6,8,11,13H,5,7,9,19H2,1-3H3,(H,20,21)/t11?,13-/m1/s1. The highest BCUT2D eigenvalue weighted by atomic mass is 19.4. The van der Waals surface area contributed by atoms with E-state index in [-0.39, 0.29) is 23.0 Å². The molecule has 7 heteroatoms. The van der Waals surface area contributed by atoms with Gasteiger partial charge in [-0.1, -0.05) is 26.8 Å². The second kappa shape index (κ2) is 6.04. The van der Waals surface area contributed by atoms with Crippen molar-refractivity contribution in [3.63, 3.8) is 0 Å². The SMILES string of the molecule is CC(C)(C)C1CCCN1[C@H](c1cccc(NN)n1)C(F)(F)F. The molecule has 1 aromatic rings. The van der Waals surface area contributed by atoms with Gasteiger partial charge in [0.1, 0.15) is 11.9 Å². The van der Waals surface area contributed by atoms with E-state index in [1.807, 2.05) is 20.8 Å². The Morgan fingerprint density at radius 3 is 2.55 bits per heavy atom. The van der Waals surface area contributed by atoms with Crippen molar-refractivity contribution in [1.29, 1.82) is 0 Å². The summed E-state index contributed by atoms with van der Waals surface area (Å²) in [5.41, 5.74) is 2.08. The van der Waals surface area contributed by atoms with Gasteiger partial charge in [-0.15, -0.1) is 0 Å². The molecule has 124 valence electrons. The third-order valence-electron chi connectivity index (χ3n) is 4.13. The molecular weight excluding hydrogens is 293 g/mol. The summed E-state index contributed by atoms with van der Waals surface area (Å²) in [6, 6.07) is 2.67. The summed E-state index contributed by atoms with van der Waals surface area (Å²) >= 11 is 0. The van der Waals surface area contributed by atoms with Crippen LogP contribution in [0.3, 0.4) is 0 Å². The lowest BCUT2D eigenvalue weighted by Crippen LogP contribution is -2.46. The van der Waals surface area contributed by atoms with E-state index in [0.717, 1.165) is 12.8 Å². The third-order valence-corrected chi connectivity index (χ3v) is 4.13. The van der Waals surface area contributed by atoms with E-state index in [0.29, 0.717) is 6.54 Å². The van der Waals surface area contributed by atoms with Gasteiger partial charge in [0.2, 0.25) is 0 Å².